The predicted molar refractivity (Wildman–Crippen MR) is 120 cm³/mol. The lowest BCUT2D eigenvalue weighted by molar-refractivity contribution is 0.255. The Hall–Kier alpha value is -3.74. The number of urea groups is 1. The molecule has 5 rings (SSSR count). The lowest BCUT2D eigenvalue weighted by Crippen LogP contribution is -2.48. The molecular formula is C23H22N6O. The van der Waals surface area contributed by atoms with Gasteiger partial charge in [0.05, 0.1) is 29.3 Å². The summed E-state index contributed by atoms with van der Waals surface area (Å²) in [5.74, 6) is 0.706. The zero-order chi connectivity index (χ0) is 20.5. The highest BCUT2D eigenvalue weighted by Crippen LogP contribution is 2.40. The third kappa shape index (κ3) is 3.28. The van der Waals surface area contributed by atoms with Crippen LogP contribution in [0.25, 0.3) is 11.3 Å². The number of rotatable bonds is 3. The van der Waals surface area contributed by atoms with Crippen LogP contribution in [0.15, 0.2) is 65.9 Å². The van der Waals surface area contributed by atoms with E-state index in [4.69, 9.17) is 4.98 Å². The maximum atomic E-state index is 13.2. The molecule has 0 spiro atoms. The molecule has 0 radical (unpaired) electrons. The van der Waals surface area contributed by atoms with Crippen molar-refractivity contribution < 1.29 is 4.79 Å². The van der Waals surface area contributed by atoms with E-state index in [2.05, 4.69) is 32.3 Å². The number of aromatic nitrogens is 2. The largest absolute Gasteiger partial charge is 0.366 e. The van der Waals surface area contributed by atoms with E-state index < -0.39 is 0 Å². The average molecular weight is 398 g/mol. The summed E-state index contributed by atoms with van der Waals surface area (Å²) in [6.45, 7) is 1.76. The molecule has 2 aliphatic heterocycles. The smallest absolute Gasteiger partial charge is 0.327 e. The zero-order valence-corrected chi connectivity index (χ0v) is 16.7. The van der Waals surface area contributed by atoms with Crippen molar-refractivity contribution >= 4 is 29.4 Å². The van der Waals surface area contributed by atoms with Crippen LogP contribution in [0.1, 0.15) is 12.0 Å². The minimum atomic E-state index is -0.174. The van der Waals surface area contributed by atoms with Gasteiger partial charge >= 0.3 is 6.03 Å². The first-order valence-electron chi connectivity index (χ1n) is 10.0. The van der Waals surface area contributed by atoms with Crippen LogP contribution >= 0.6 is 0 Å². The molecule has 1 aromatic carbocycles. The van der Waals surface area contributed by atoms with Gasteiger partial charge < -0.3 is 10.2 Å². The van der Waals surface area contributed by atoms with Gasteiger partial charge in [-0.25, -0.2) is 9.78 Å². The Morgan fingerprint density at radius 1 is 1.23 bits per heavy atom. The van der Waals surface area contributed by atoms with Gasteiger partial charge in [-0.2, -0.15) is 0 Å². The molecule has 2 amide bonds. The first-order valence-corrected chi connectivity index (χ1v) is 10.0. The van der Waals surface area contributed by atoms with Crippen LogP contribution in [-0.4, -0.2) is 48.4 Å². The molecule has 0 aliphatic carbocycles. The molecule has 2 aliphatic rings. The molecule has 1 atom stereocenters. The molecule has 3 aromatic rings. The summed E-state index contributed by atoms with van der Waals surface area (Å²) < 4.78 is 0. The molecule has 150 valence electrons. The molecule has 7 nitrogen and oxygen atoms in total. The van der Waals surface area contributed by atoms with Crippen molar-refractivity contribution in [3.8, 4) is 11.3 Å². The summed E-state index contributed by atoms with van der Waals surface area (Å²) in [6, 6.07) is 15.8. The van der Waals surface area contributed by atoms with E-state index in [1.807, 2.05) is 41.4 Å². The number of hydrogen-bond acceptors (Lipinski definition) is 5. The van der Waals surface area contributed by atoms with Crippen molar-refractivity contribution in [2.24, 2.45) is 4.99 Å². The molecule has 0 unspecified atom stereocenters. The summed E-state index contributed by atoms with van der Waals surface area (Å²) >= 11 is 0. The Kier molecular flexibility index (Phi) is 4.63. The monoisotopic (exact) mass is 398 g/mol. The number of carbonyl (C=O) groups excluding carboxylic acids is 1. The zero-order valence-electron chi connectivity index (χ0n) is 16.7. The van der Waals surface area contributed by atoms with E-state index in [-0.39, 0.29) is 12.1 Å². The number of nitrogens with one attached hydrogen (secondary N) is 1. The van der Waals surface area contributed by atoms with E-state index >= 15 is 0 Å². The van der Waals surface area contributed by atoms with Crippen LogP contribution in [-0.2, 0) is 0 Å². The van der Waals surface area contributed by atoms with Crippen LogP contribution < -0.4 is 15.1 Å². The van der Waals surface area contributed by atoms with Gasteiger partial charge in [0.25, 0.3) is 0 Å². The molecular weight excluding hydrogens is 376 g/mol. The van der Waals surface area contributed by atoms with Crippen molar-refractivity contribution in [3.63, 3.8) is 0 Å². The van der Waals surface area contributed by atoms with Crippen molar-refractivity contribution in [1.82, 2.24) is 9.97 Å². The highest BCUT2D eigenvalue weighted by Gasteiger charge is 2.40. The number of nitrogens with zero attached hydrogens (tertiary/aromatic N) is 5. The van der Waals surface area contributed by atoms with Gasteiger partial charge in [0, 0.05) is 38.1 Å². The maximum absolute atomic E-state index is 13.2. The van der Waals surface area contributed by atoms with Crippen molar-refractivity contribution in [2.45, 2.75) is 12.5 Å². The van der Waals surface area contributed by atoms with Crippen LogP contribution in [0.2, 0.25) is 0 Å². The molecule has 1 fully saturated rings. The highest BCUT2D eigenvalue weighted by atomic mass is 16.2. The Labute approximate surface area is 175 Å². The summed E-state index contributed by atoms with van der Waals surface area (Å²) in [7, 11) is 1.76. The van der Waals surface area contributed by atoms with Crippen molar-refractivity contribution in [2.75, 3.05) is 35.3 Å². The molecule has 1 N–H and O–H groups in total. The number of fused-ring (bicyclic) bond motifs is 4. The SMILES string of the molecule is C/N=C/c1cccc(-c2ccc3c(n2)N(C(=O)Nc2cccnc2)[C@H]2CCN3C2)c1. The first-order chi connectivity index (χ1) is 14.7. The maximum Gasteiger partial charge on any atom is 0.327 e. The number of amides is 2. The highest BCUT2D eigenvalue weighted by molar-refractivity contribution is 6.04. The molecule has 1 saturated heterocycles. The summed E-state index contributed by atoms with van der Waals surface area (Å²) in [6.07, 6.45) is 6.08. The average Bonchev–Trinajstić information content (AvgIpc) is 3.19. The minimum Gasteiger partial charge on any atom is -0.366 e. The molecule has 7 heteroatoms. The summed E-state index contributed by atoms with van der Waals surface area (Å²) in [5.41, 5.74) is 4.52. The third-order valence-electron chi connectivity index (χ3n) is 5.54. The van der Waals surface area contributed by atoms with Crippen LogP contribution in [0.3, 0.4) is 0 Å². The van der Waals surface area contributed by atoms with E-state index in [1.54, 1.807) is 25.5 Å². The van der Waals surface area contributed by atoms with Gasteiger partial charge in [-0.15, -0.1) is 0 Å². The Morgan fingerprint density at radius 3 is 3.00 bits per heavy atom. The number of aliphatic imine (C=N–C) groups is 1. The van der Waals surface area contributed by atoms with Gasteiger partial charge in [-0.1, -0.05) is 18.2 Å². The van der Waals surface area contributed by atoms with Gasteiger partial charge in [0.2, 0.25) is 0 Å². The van der Waals surface area contributed by atoms with E-state index in [0.29, 0.717) is 11.5 Å². The van der Waals surface area contributed by atoms with Gasteiger partial charge in [-0.05, 0) is 42.3 Å². The van der Waals surface area contributed by atoms with Gasteiger partial charge in [0.15, 0.2) is 5.82 Å². The fraction of sp³-hybridized carbons (Fsp3) is 0.217. The van der Waals surface area contributed by atoms with Crippen LogP contribution in [0.4, 0.5) is 22.0 Å². The number of anilines is 3. The molecule has 2 aromatic heterocycles. The topological polar surface area (TPSA) is 73.7 Å². The number of carbonyl (C=O) groups is 1. The first kappa shape index (κ1) is 18.3. The van der Waals surface area contributed by atoms with E-state index in [9.17, 15) is 4.79 Å². The standard InChI is InChI=1S/C23H22N6O/c1-24-13-16-4-2-5-17(12-16)20-7-8-21-22(27-20)29(19-9-11-28(21)15-19)23(30)26-18-6-3-10-25-14-18/h2-8,10,12-14,19H,9,11,15H2,1H3,(H,26,30)/b24-13+/t19-/m0/s1. The fourth-order valence-electron chi connectivity index (χ4n) is 4.18. The Morgan fingerprint density at radius 2 is 2.17 bits per heavy atom. The minimum absolute atomic E-state index is 0.107. The summed E-state index contributed by atoms with van der Waals surface area (Å²) in [4.78, 5) is 30.5. The normalized spacial score (nSPS) is 17.3. The number of benzene rings is 1. The van der Waals surface area contributed by atoms with Crippen LogP contribution in [0, 0.1) is 0 Å². The van der Waals surface area contributed by atoms with E-state index in [0.717, 1.165) is 42.0 Å². The van der Waals surface area contributed by atoms with Crippen LogP contribution in [0.5, 0.6) is 0 Å². The van der Waals surface area contributed by atoms with Crippen molar-refractivity contribution in [3.05, 3.63) is 66.5 Å². The third-order valence-corrected chi connectivity index (χ3v) is 5.54. The van der Waals surface area contributed by atoms with Gasteiger partial charge in [-0.3, -0.25) is 14.9 Å². The lowest BCUT2D eigenvalue weighted by atomic mass is 10.1. The van der Waals surface area contributed by atoms with E-state index in [1.165, 1.54) is 0 Å². The molecule has 30 heavy (non-hydrogen) atoms. The molecule has 4 heterocycles. The Bertz CT molecular complexity index is 1110. The fourth-order valence-corrected chi connectivity index (χ4v) is 4.18. The summed E-state index contributed by atoms with van der Waals surface area (Å²) in [5, 5.41) is 2.97. The Balaban J connectivity index is 1.53. The molecule has 2 bridgehead atoms. The second kappa shape index (κ2) is 7.59. The van der Waals surface area contributed by atoms with Gasteiger partial charge in [0.1, 0.15) is 0 Å². The number of hydrogen-bond donors (Lipinski definition) is 1. The second-order valence-corrected chi connectivity index (χ2v) is 7.48. The quantitative estimate of drug-likeness (QED) is 0.681. The second-order valence-electron chi connectivity index (χ2n) is 7.48. The predicted octanol–water partition coefficient (Wildman–Crippen LogP) is 3.82. The molecule has 0 saturated carbocycles. The van der Waals surface area contributed by atoms with Crippen molar-refractivity contribution in [1.29, 1.82) is 0 Å². The lowest BCUT2D eigenvalue weighted by Gasteiger charge is -2.35. The number of pyridine rings is 2.